The number of amides is 2. The summed E-state index contributed by atoms with van der Waals surface area (Å²) in [7, 11) is 0. The van der Waals surface area contributed by atoms with E-state index in [1.165, 1.54) is 0 Å². The molecule has 1 aromatic rings. The van der Waals surface area contributed by atoms with E-state index in [2.05, 4.69) is 5.32 Å². The number of nitrogens with one attached hydrogen (secondary N) is 1. The Kier molecular flexibility index (Phi) is 6.23. The number of likely N-dealkylation sites (tertiary alicyclic amines) is 1. The molecule has 1 atom stereocenters. The summed E-state index contributed by atoms with van der Waals surface area (Å²) in [4.78, 5) is 26.0. The smallest absolute Gasteiger partial charge is 0.410 e. The van der Waals surface area contributed by atoms with Gasteiger partial charge in [-0.05, 0) is 58.1 Å². The Morgan fingerprint density at radius 2 is 1.96 bits per heavy atom. The maximum Gasteiger partial charge on any atom is 0.410 e. The molecule has 0 aliphatic carbocycles. The summed E-state index contributed by atoms with van der Waals surface area (Å²) in [6.07, 6.45) is 3.03. The highest BCUT2D eigenvalue weighted by Crippen LogP contribution is 2.23. The van der Waals surface area contributed by atoms with Gasteiger partial charge in [0, 0.05) is 25.2 Å². The normalized spacial score (nSPS) is 18.1. The highest BCUT2D eigenvalue weighted by Gasteiger charge is 2.27. The van der Waals surface area contributed by atoms with E-state index in [0.29, 0.717) is 18.9 Å². The zero-order valence-electron chi connectivity index (χ0n) is 14.9. The van der Waals surface area contributed by atoms with E-state index >= 15 is 0 Å². The molecule has 0 radical (unpaired) electrons. The number of hydrogen-bond acceptors (Lipinski definition) is 3. The van der Waals surface area contributed by atoms with Crippen molar-refractivity contribution in [1.82, 2.24) is 4.90 Å². The molecule has 0 aromatic heterocycles. The summed E-state index contributed by atoms with van der Waals surface area (Å²) in [5.41, 5.74) is 0.348. The molecule has 1 saturated heterocycles. The number of carbonyl (C=O) groups is 2. The fourth-order valence-corrected chi connectivity index (χ4v) is 2.87. The van der Waals surface area contributed by atoms with Gasteiger partial charge in [-0.1, -0.05) is 18.2 Å². The third-order valence-corrected chi connectivity index (χ3v) is 4.01. The molecule has 132 valence electrons. The van der Waals surface area contributed by atoms with Gasteiger partial charge in [-0.25, -0.2) is 4.79 Å². The lowest BCUT2D eigenvalue weighted by Gasteiger charge is -2.34. The minimum absolute atomic E-state index is 0.0237. The minimum Gasteiger partial charge on any atom is -0.444 e. The van der Waals surface area contributed by atoms with E-state index in [4.69, 9.17) is 4.74 Å². The van der Waals surface area contributed by atoms with Crippen molar-refractivity contribution in [3.8, 4) is 0 Å². The summed E-state index contributed by atoms with van der Waals surface area (Å²) in [6.45, 7) is 7.04. The van der Waals surface area contributed by atoms with Gasteiger partial charge in [0.25, 0.3) is 0 Å². The molecule has 1 unspecified atom stereocenters. The van der Waals surface area contributed by atoms with Gasteiger partial charge in [-0.15, -0.1) is 0 Å². The van der Waals surface area contributed by atoms with Crippen LogP contribution in [0.4, 0.5) is 10.5 Å². The number of carbonyl (C=O) groups excluding carboxylic acids is 2. The van der Waals surface area contributed by atoms with Crippen LogP contribution in [0.1, 0.15) is 46.5 Å². The van der Waals surface area contributed by atoms with Crippen LogP contribution in [0.25, 0.3) is 0 Å². The topological polar surface area (TPSA) is 58.6 Å². The highest BCUT2D eigenvalue weighted by atomic mass is 16.6. The van der Waals surface area contributed by atoms with E-state index in [0.717, 1.165) is 31.5 Å². The molecule has 2 amide bonds. The molecule has 1 N–H and O–H groups in total. The van der Waals surface area contributed by atoms with Gasteiger partial charge < -0.3 is 15.0 Å². The fourth-order valence-electron chi connectivity index (χ4n) is 2.87. The molecule has 1 aromatic carbocycles. The summed E-state index contributed by atoms with van der Waals surface area (Å²) < 4.78 is 5.44. The summed E-state index contributed by atoms with van der Waals surface area (Å²) in [5.74, 6) is 0.378. The van der Waals surface area contributed by atoms with Crippen LogP contribution in [-0.2, 0) is 9.53 Å². The molecular weight excluding hydrogens is 304 g/mol. The first-order valence-corrected chi connectivity index (χ1v) is 8.66. The van der Waals surface area contributed by atoms with Crippen molar-refractivity contribution < 1.29 is 14.3 Å². The zero-order chi connectivity index (χ0) is 17.6. The monoisotopic (exact) mass is 332 g/mol. The van der Waals surface area contributed by atoms with Gasteiger partial charge >= 0.3 is 6.09 Å². The molecule has 1 aliphatic rings. The zero-order valence-corrected chi connectivity index (χ0v) is 14.9. The Balaban J connectivity index is 1.76. The van der Waals surface area contributed by atoms with Crippen molar-refractivity contribution in [3.63, 3.8) is 0 Å². The van der Waals surface area contributed by atoms with Crippen molar-refractivity contribution in [3.05, 3.63) is 30.3 Å². The van der Waals surface area contributed by atoms with Gasteiger partial charge in [-0.2, -0.15) is 0 Å². The van der Waals surface area contributed by atoms with Crippen molar-refractivity contribution in [2.75, 3.05) is 18.4 Å². The number of benzene rings is 1. The number of rotatable bonds is 4. The molecular formula is C19H28N2O3. The quantitative estimate of drug-likeness (QED) is 0.905. The van der Waals surface area contributed by atoms with Crippen molar-refractivity contribution in [1.29, 1.82) is 0 Å². The Bertz CT molecular complexity index is 551. The van der Waals surface area contributed by atoms with Crippen LogP contribution in [0.15, 0.2) is 30.3 Å². The molecule has 1 aliphatic heterocycles. The van der Waals surface area contributed by atoms with Gasteiger partial charge in [0.15, 0.2) is 0 Å². The average molecular weight is 332 g/mol. The number of nitrogens with zero attached hydrogens (tertiary/aromatic N) is 1. The Hall–Kier alpha value is -2.04. The lowest BCUT2D eigenvalue weighted by Crippen LogP contribution is -2.43. The number of anilines is 1. The lowest BCUT2D eigenvalue weighted by atomic mass is 9.93. The number of para-hydroxylation sites is 1. The van der Waals surface area contributed by atoms with E-state index in [-0.39, 0.29) is 12.0 Å². The van der Waals surface area contributed by atoms with Gasteiger partial charge in [0.05, 0.1) is 0 Å². The molecule has 1 fully saturated rings. The molecule has 5 heteroatoms. The van der Waals surface area contributed by atoms with E-state index in [1.54, 1.807) is 4.90 Å². The lowest BCUT2D eigenvalue weighted by molar-refractivity contribution is -0.116. The third kappa shape index (κ3) is 6.22. The molecule has 2 rings (SSSR count). The molecule has 0 saturated carbocycles. The fraction of sp³-hybridized carbons (Fsp3) is 0.579. The van der Waals surface area contributed by atoms with E-state index < -0.39 is 5.60 Å². The average Bonchev–Trinajstić information content (AvgIpc) is 2.53. The number of hydrogen-bond donors (Lipinski definition) is 1. The molecule has 24 heavy (non-hydrogen) atoms. The van der Waals surface area contributed by atoms with Crippen molar-refractivity contribution in [2.45, 2.75) is 52.1 Å². The van der Waals surface area contributed by atoms with Crippen LogP contribution in [0.5, 0.6) is 0 Å². The second kappa shape index (κ2) is 8.18. The van der Waals surface area contributed by atoms with Crippen molar-refractivity contribution in [2.24, 2.45) is 5.92 Å². The van der Waals surface area contributed by atoms with Gasteiger partial charge in [-0.3, -0.25) is 4.79 Å². The minimum atomic E-state index is -0.473. The number of piperidine rings is 1. The number of ether oxygens (including phenoxy) is 1. The molecule has 0 bridgehead atoms. The van der Waals surface area contributed by atoms with Gasteiger partial charge in [0.2, 0.25) is 5.91 Å². The van der Waals surface area contributed by atoms with Crippen molar-refractivity contribution >= 4 is 17.7 Å². The largest absolute Gasteiger partial charge is 0.444 e. The predicted molar refractivity (Wildman–Crippen MR) is 94.8 cm³/mol. The SMILES string of the molecule is CC(C)(C)OC(=O)N1CCCC(CCC(=O)Nc2ccccc2)C1. The van der Waals surface area contributed by atoms with E-state index in [9.17, 15) is 9.59 Å². The summed E-state index contributed by atoms with van der Waals surface area (Å²) in [5, 5.41) is 2.90. The third-order valence-electron chi connectivity index (χ3n) is 4.01. The first-order chi connectivity index (χ1) is 11.3. The highest BCUT2D eigenvalue weighted by molar-refractivity contribution is 5.90. The van der Waals surface area contributed by atoms with Crippen LogP contribution in [0.3, 0.4) is 0 Å². The Labute approximate surface area is 144 Å². The summed E-state index contributed by atoms with van der Waals surface area (Å²) in [6, 6.07) is 9.47. The van der Waals surface area contributed by atoms with Crippen LogP contribution in [-0.4, -0.2) is 35.6 Å². The van der Waals surface area contributed by atoms with Gasteiger partial charge in [0.1, 0.15) is 5.60 Å². The van der Waals surface area contributed by atoms with Crippen LogP contribution < -0.4 is 5.32 Å². The maximum atomic E-state index is 12.2. The first kappa shape index (κ1) is 18.3. The first-order valence-electron chi connectivity index (χ1n) is 8.66. The van der Waals surface area contributed by atoms with Crippen LogP contribution in [0, 0.1) is 5.92 Å². The Morgan fingerprint density at radius 3 is 2.62 bits per heavy atom. The van der Waals surface area contributed by atoms with E-state index in [1.807, 2.05) is 51.1 Å². The molecule has 0 spiro atoms. The molecule has 1 heterocycles. The second-order valence-corrected chi connectivity index (χ2v) is 7.39. The Morgan fingerprint density at radius 1 is 1.25 bits per heavy atom. The second-order valence-electron chi connectivity index (χ2n) is 7.39. The van der Waals surface area contributed by atoms with Crippen LogP contribution >= 0.6 is 0 Å². The summed E-state index contributed by atoms with van der Waals surface area (Å²) >= 11 is 0. The molecule has 5 nitrogen and oxygen atoms in total. The van der Waals surface area contributed by atoms with Crippen LogP contribution in [0.2, 0.25) is 0 Å². The maximum absolute atomic E-state index is 12.2. The standard InChI is InChI=1S/C19H28N2O3/c1-19(2,3)24-18(23)21-13-7-8-15(14-21)11-12-17(22)20-16-9-5-4-6-10-16/h4-6,9-10,15H,7-8,11-14H2,1-3H3,(H,20,22). The predicted octanol–water partition coefficient (Wildman–Crippen LogP) is 4.05.